The molecule has 1 aromatic rings. The van der Waals surface area contributed by atoms with E-state index in [1.807, 2.05) is 12.1 Å². The molecule has 1 aromatic carbocycles. The number of rotatable bonds is 6. The molecule has 0 saturated carbocycles. The number of benzene rings is 1. The topological polar surface area (TPSA) is 50.8 Å². The number of ether oxygens (including phenoxy) is 2. The second kappa shape index (κ2) is 8.19. The number of nitrogens with zero attached hydrogens (tertiary/aromatic N) is 1. The lowest BCUT2D eigenvalue weighted by atomic mass is 9.87. The van der Waals surface area contributed by atoms with Gasteiger partial charge in [0.25, 0.3) is 5.91 Å². The normalized spacial score (nSPS) is 16.5. The molecular weight excluding hydrogens is 316 g/mol. The van der Waals surface area contributed by atoms with Crippen molar-refractivity contribution in [3.05, 3.63) is 29.8 Å². The van der Waals surface area contributed by atoms with Crippen molar-refractivity contribution in [1.29, 1.82) is 0 Å². The molecule has 0 aromatic heterocycles. The zero-order valence-corrected chi connectivity index (χ0v) is 16.2. The first-order valence-corrected chi connectivity index (χ1v) is 9.01. The lowest BCUT2D eigenvalue weighted by molar-refractivity contribution is -0.123. The van der Waals surface area contributed by atoms with Gasteiger partial charge in [-0.2, -0.15) is 0 Å². The predicted octanol–water partition coefficient (Wildman–Crippen LogP) is 2.59. The van der Waals surface area contributed by atoms with Crippen LogP contribution < -0.4 is 10.1 Å². The summed E-state index contributed by atoms with van der Waals surface area (Å²) in [4.78, 5) is 14.4. The molecule has 1 aliphatic heterocycles. The molecule has 1 heterocycles. The summed E-state index contributed by atoms with van der Waals surface area (Å²) in [6.45, 7) is 14.8. The molecule has 5 nitrogen and oxygen atoms in total. The molecule has 1 saturated heterocycles. The fraction of sp³-hybridized carbons (Fsp3) is 0.650. The highest BCUT2D eigenvalue weighted by atomic mass is 16.5. The van der Waals surface area contributed by atoms with Crippen molar-refractivity contribution in [2.45, 2.75) is 45.6 Å². The maximum Gasteiger partial charge on any atom is 0.258 e. The van der Waals surface area contributed by atoms with E-state index in [0.29, 0.717) is 6.54 Å². The summed E-state index contributed by atoms with van der Waals surface area (Å²) in [6.07, 6.45) is 0. The van der Waals surface area contributed by atoms with E-state index in [2.05, 4.69) is 57.0 Å². The summed E-state index contributed by atoms with van der Waals surface area (Å²) >= 11 is 0. The Kier molecular flexibility index (Phi) is 6.47. The van der Waals surface area contributed by atoms with Crippen molar-refractivity contribution in [2.24, 2.45) is 0 Å². The van der Waals surface area contributed by atoms with E-state index < -0.39 is 0 Å². The van der Waals surface area contributed by atoms with E-state index in [9.17, 15) is 4.79 Å². The molecule has 2 rings (SSSR count). The minimum absolute atomic E-state index is 0.0358. The molecular formula is C20H32N2O3. The zero-order valence-electron chi connectivity index (χ0n) is 16.2. The summed E-state index contributed by atoms with van der Waals surface area (Å²) in [7, 11) is 0. The Morgan fingerprint density at radius 1 is 1.12 bits per heavy atom. The van der Waals surface area contributed by atoms with Gasteiger partial charge < -0.3 is 14.8 Å². The van der Waals surface area contributed by atoms with Gasteiger partial charge in [0.15, 0.2) is 6.61 Å². The zero-order chi connectivity index (χ0) is 18.5. The van der Waals surface area contributed by atoms with Gasteiger partial charge in [0.2, 0.25) is 0 Å². The third kappa shape index (κ3) is 6.01. The number of carbonyl (C=O) groups is 1. The van der Waals surface area contributed by atoms with E-state index in [1.54, 1.807) is 0 Å². The van der Waals surface area contributed by atoms with Crippen LogP contribution in [-0.4, -0.2) is 55.8 Å². The number of carbonyl (C=O) groups excluding carboxylic acids is 1. The van der Waals surface area contributed by atoms with Crippen molar-refractivity contribution in [3.63, 3.8) is 0 Å². The van der Waals surface area contributed by atoms with Gasteiger partial charge in [0.05, 0.1) is 13.2 Å². The molecule has 25 heavy (non-hydrogen) atoms. The minimum atomic E-state index is -0.0961. The molecule has 0 spiro atoms. The van der Waals surface area contributed by atoms with E-state index in [1.165, 1.54) is 5.56 Å². The fourth-order valence-electron chi connectivity index (χ4n) is 2.85. The van der Waals surface area contributed by atoms with Crippen LogP contribution in [0.3, 0.4) is 0 Å². The Bertz CT molecular complexity index is 555. The smallest absolute Gasteiger partial charge is 0.258 e. The molecule has 0 unspecified atom stereocenters. The SMILES string of the molecule is CC(C)(C)c1ccc(OCC(=O)NCC(C)(C)N2CCOCC2)cc1. The van der Waals surface area contributed by atoms with Crippen LogP contribution in [0.5, 0.6) is 5.75 Å². The van der Waals surface area contributed by atoms with E-state index >= 15 is 0 Å². The number of hydrogen-bond donors (Lipinski definition) is 1. The molecule has 0 radical (unpaired) electrons. The first-order valence-electron chi connectivity index (χ1n) is 9.01. The van der Waals surface area contributed by atoms with Gasteiger partial charge in [0.1, 0.15) is 5.75 Å². The molecule has 1 amide bonds. The number of hydrogen-bond acceptors (Lipinski definition) is 4. The van der Waals surface area contributed by atoms with Crippen molar-refractivity contribution in [1.82, 2.24) is 10.2 Å². The van der Waals surface area contributed by atoms with Crippen LogP contribution in [0, 0.1) is 0 Å². The van der Waals surface area contributed by atoms with Gasteiger partial charge in [-0.25, -0.2) is 0 Å². The Morgan fingerprint density at radius 3 is 2.28 bits per heavy atom. The second-order valence-electron chi connectivity index (χ2n) is 8.25. The third-order valence-corrected chi connectivity index (χ3v) is 4.68. The lowest BCUT2D eigenvalue weighted by Crippen LogP contribution is -2.55. The average Bonchev–Trinajstić information content (AvgIpc) is 2.58. The number of morpholine rings is 1. The lowest BCUT2D eigenvalue weighted by Gasteiger charge is -2.40. The maximum absolute atomic E-state index is 12.1. The van der Waals surface area contributed by atoms with Crippen LogP contribution >= 0.6 is 0 Å². The van der Waals surface area contributed by atoms with Gasteiger partial charge in [-0.05, 0) is 37.0 Å². The molecule has 1 fully saturated rings. The summed E-state index contributed by atoms with van der Waals surface area (Å²) in [5.41, 5.74) is 1.27. The summed E-state index contributed by atoms with van der Waals surface area (Å²) in [5, 5.41) is 2.98. The highest BCUT2D eigenvalue weighted by Crippen LogP contribution is 2.24. The van der Waals surface area contributed by atoms with Crippen LogP contribution in [0.25, 0.3) is 0 Å². The Morgan fingerprint density at radius 2 is 1.72 bits per heavy atom. The highest BCUT2D eigenvalue weighted by Gasteiger charge is 2.28. The van der Waals surface area contributed by atoms with E-state index in [-0.39, 0.29) is 23.5 Å². The van der Waals surface area contributed by atoms with Crippen LogP contribution in [0.4, 0.5) is 0 Å². The van der Waals surface area contributed by atoms with E-state index in [0.717, 1.165) is 32.1 Å². The second-order valence-corrected chi connectivity index (χ2v) is 8.25. The van der Waals surface area contributed by atoms with Crippen molar-refractivity contribution in [2.75, 3.05) is 39.5 Å². The number of amides is 1. The van der Waals surface area contributed by atoms with Crippen LogP contribution in [0.1, 0.15) is 40.2 Å². The summed E-state index contributed by atoms with van der Waals surface area (Å²) in [6, 6.07) is 7.95. The van der Waals surface area contributed by atoms with Crippen molar-refractivity contribution >= 4 is 5.91 Å². The predicted molar refractivity (Wildman–Crippen MR) is 100 cm³/mol. The van der Waals surface area contributed by atoms with Crippen LogP contribution in [0.15, 0.2) is 24.3 Å². The largest absolute Gasteiger partial charge is 0.484 e. The van der Waals surface area contributed by atoms with Crippen molar-refractivity contribution < 1.29 is 14.3 Å². The van der Waals surface area contributed by atoms with Gasteiger partial charge in [-0.1, -0.05) is 32.9 Å². The average molecular weight is 348 g/mol. The Hall–Kier alpha value is -1.59. The first-order chi connectivity index (χ1) is 11.7. The summed E-state index contributed by atoms with van der Waals surface area (Å²) < 4.78 is 11.0. The molecule has 0 atom stereocenters. The van der Waals surface area contributed by atoms with Crippen LogP contribution in [-0.2, 0) is 14.9 Å². The van der Waals surface area contributed by atoms with Gasteiger partial charge in [-0.3, -0.25) is 9.69 Å². The quantitative estimate of drug-likeness (QED) is 0.858. The van der Waals surface area contributed by atoms with Crippen LogP contribution in [0.2, 0.25) is 0 Å². The van der Waals surface area contributed by atoms with Gasteiger partial charge >= 0.3 is 0 Å². The van der Waals surface area contributed by atoms with Gasteiger partial charge in [-0.15, -0.1) is 0 Å². The molecule has 1 N–H and O–H groups in total. The Labute approximate surface area is 151 Å². The number of nitrogens with one attached hydrogen (secondary N) is 1. The molecule has 1 aliphatic rings. The summed E-state index contributed by atoms with van der Waals surface area (Å²) in [5.74, 6) is 0.622. The molecule has 0 aliphatic carbocycles. The van der Waals surface area contributed by atoms with Gasteiger partial charge in [0, 0.05) is 25.2 Å². The molecule has 0 bridgehead atoms. The standard InChI is InChI=1S/C20H32N2O3/c1-19(2,3)16-6-8-17(9-7-16)25-14-18(23)21-15-20(4,5)22-10-12-24-13-11-22/h6-9H,10-15H2,1-5H3,(H,21,23). The monoisotopic (exact) mass is 348 g/mol. The molecule has 140 valence electrons. The van der Waals surface area contributed by atoms with Crippen molar-refractivity contribution in [3.8, 4) is 5.75 Å². The molecule has 5 heteroatoms. The Balaban J connectivity index is 1.76. The first kappa shape index (κ1) is 19.7. The van der Waals surface area contributed by atoms with E-state index in [4.69, 9.17) is 9.47 Å². The fourth-order valence-corrected chi connectivity index (χ4v) is 2.85. The third-order valence-electron chi connectivity index (χ3n) is 4.68. The maximum atomic E-state index is 12.1. The highest BCUT2D eigenvalue weighted by molar-refractivity contribution is 5.77. The minimum Gasteiger partial charge on any atom is -0.484 e.